The van der Waals surface area contributed by atoms with Crippen molar-refractivity contribution < 1.29 is 9.90 Å². The second-order valence-corrected chi connectivity index (χ2v) is 5.12. The highest BCUT2D eigenvalue weighted by molar-refractivity contribution is 5.75. The summed E-state index contributed by atoms with van der Waals surface area (Å²) in [6.07, 6.45) is -0.0217. The van der Waals surface area contributed by atoms with Crippen LogP contribution in [0.1, 0.15) is 25.8 Å². The minimum atomic E-state index is -0.889. The fourth-order valence-electron chi connectivity index (χ4n) is 2.02. The molecule has 0 amide bonds. The molecule has 19 heavy (non-hydrogen) atoms. The van der Waals surface area contributed by atoms with E-state index in [1.54, 1.807) is 18.2 Å². The Kier molecular flexibility index (Phi) is 3.01. The van der Waals surface area contributed by atoms with Gasteiger partial charge in [0.25, 0.3) is 0 Å². The molecule has 6 heteroatoms. The number of hydrogen-bond donors (Lipinski definition) is 3. The van der Waals surface area contributed by atoms with E-state index in [4.69, 9.17) is 5.11 Å². The van der Waals surface area contributed by atoms with Gasteiger partial charge in [0.15, 0.2) is 0 Å². The zero-order valence-electron chi connectivity index (χ0n) is 10.6. The van der Waals surface area contributed by atoms with Crippen LogP contribution in [-0.4, -0.2) is 21.0 Å². The van der Waals surface area contributed by atoms with E-state index in [9.17, 15) is 14.4 Å². The van der Waals surface area contributed by atoms with Crippen LogP contribution in [0.2, 0.25) is 0 Å². The number of H-pyrrole nitrogens is 2. The van der Waals surface area contributed by atoms with Gasteiger partial charge in [-0.25, -0.2) is 0 Å². The third-order valence-electron chi connectivity index (χ3n) is 3.10. The standard InChI is InChI=1S/C13H14N2O4/c1-13(2,6-10(16)17)7-3-4-8-9(5-7)15-12(19)11(18)14-8/h3-5H,6H2,1-2H3,(H,14,18)(H,15,19)(H,16,17). The molecule has 2 rings (SSSR count). The molecule has 0 fully saturated rings. The Morgan fingerprint density at radius 2 is 1.74 bits per heavy atom. The number of carboxylic acids is 1. The first-order valence-corrected chi connectivity index (χ1v) is 5.78. The zero-order chi connectivity index (χ0) is 14.2. The summed E-state index contributed by atoms with van der Waals surface area (Å²) in [5, 5.41) is 8.90. The lowest BCUT2D eigenvalue weighted by Crippen LogP contribution is -2.29. The molecule has 0 aliphatic rings. The van der Waals surface area contributed by atoms with Gasteiger partial charge in [0.2, 0.25) is 0 Å². The lowest BCUT2D eigenvalue weighted by Gasteiger charge is -2.23. The van der Waals surface area contributed by atoms with E-state index in [2.05, 4.69) is 9.97 Å². The van der Waals surface area contributed by atoms with Gasteiger partial charge in [-0.2, -0.15) is 0 Å². The Labute approximate surface area is 108 Å². The lowest BCUT2D eigenvalue weighted by molar-refractivity contribution is -0.138. The van der Waals surface area contributed by atoms with Crippen LogP contribution in [0.4, 0.5) is 0 Å². The van der Waals surface area contributed by atoms with E-state index in [-0.39, 0.29) is 6.42 Å². The number of rotatable bonds is 3. The van der Waals surface area contributed by atoms with Crippen LogP contribution in [0.3, 0.4) is 0 Å². The van der Waals surface area contributed by atoms with Crippen molar-refractivity contribution in [3.63, 3.8) is 0 Å². The molecular weight excluding hydrogens is 248 g/mol. The molecule has 0 saturated carbocycles. The number of aromatic amines is 2. The van der Waals surface area contributed by atoms with E-state index in [1.165, 1.54) is 0 Å². The number of aliphatic carboxylic acids is 1. The number of carboxylic acid groups (broad SMARTS) is 1. The van der Waals surface area contributed by atoms with Crippen LogP contribution >= 0.6 is 0 Å². The largest absolute Gasteiger partial charge is 0.481 e. The summed E-state index contributed by atoms with van der Waals surface area (Å²) in [7, 11) is 0. The van der Waals surface area contributed by atoms with Crippen LogP contribution in [0.5, 0.6) is 0 Å². The van der Waals surface area contributed by atoms with Gasteiger partial charge < -0.3 is 15.1 Å². The fraction of sp³-hybridized carbons (Fsp3) is 0.308. The maximum absolute atomic E-state index is 11.3. The minimum absolute atomic E-state index is 0.0217. The molecule has 0 unspecified atom stereocenters. The molecule has 1 aromatic heterocycles. The lowest BCUT2D eigenvalue weighted by atomic mass is 9.81. The van der Waals surface area contributed by atoms with Crippen molar-refractivity contribution in [1.82, 2.24) is 9.97 Å². The molecule has 0 spiro atoms. The predicted molar refractivity (Wildman–Crippen MR) is 70.5 cm³/mol. The summed E-state index contributed by atoms with van der Waals surface area (Å²) in [5.74, 6) is -0.889. The Balaban J connectivity index is 2.58. The summed E-state index contributed by atoms with van der Waals surface area (Å²) in [6, 6.07) is 5.10. The van der Waals surface area contributed by atoms with Crippen molar-refractivity contribution in [3.8, 4) is 0 Å². The molecule has 0 aliphatic carbocycles. The van der Waals surface area contributed by atoms with E-state index in [0.717, 1.165) is 5.56 Å². The summed E-state index contributed by atoms with van der Waals surface area (Å²) in [4.78, 5) is 38.2. The SMILES string of the molecule is CC(C)(CC(=O)O)c1ccc2[nH]c(=O)c(=O)[nH]c2c1. The molecule has 6 nitrogen and oxygen atoms in total. The van der Waals surface area contributed by atoms with Gasteiger partial charge in [0.05, 0.1) is 17.5 Å². The normalized spacial score (nSPS) is 11.7. The first-order chi connectivity index (χ1) is 8.79. The average molecular weight is 262 g/mol. The molecule has 2 aromatic rings. The van der Waals surface area contributed by atoms with Gasteiger partial charge in [0, 0.05) is 5.41 Å². The number of aromatic nitrogens is 2. The second-order valence-electron chi connectivity index (χ2n) is 5.12. The number of nitrogens with one attached hydrogen (secondary N) is 2. The average Bonchev–Trinajstić information content (AvgIpc) is 2.28. The van der Waals surface area contributed by atoms with Gasteiger partial charge in [-0.1, -0.05) is 19.9 Å². The third kappa shape index (κ3) is 2.57. The third-order valence-corrected chi connectivity index (χ3v) is 3.10. The van der Waals surface area contributed by atoms with Crippen LogP contribution in [-0.2, 0) is 10.2 Å². The quantitative estimate of drug-likeness (QED) is 0.717. The van der Waals surface area contributed by atoms with Crippen molar-refractivity contribution >= 4 is 17.0 Å². The predicted octanol–water partition coefficient (Wildman–Crippen LogP) is 0.969. The van der Waals surface area contributed by atoms with Crippen LogP contribution < -0.4 is 11.1 Å². The molecule has 0 bridgehead atoms. The monoisotopic (exact) mass is 262 g/mol. The summed E-state index contributed by atoms with van der Waals surface area (Å²) in [6.45, 7) is 3.62. The molecule has 3 N–H and O–H groups in total. The van der Waals surface area contributed by atoms with Crippen molar-refractivity contribution in [3.05, 3.63) is 44.5 Å². The van der Waals surface area contributed by atoms with Gasteiger partial charge >= 0.3 is 17.1 Å². The summed E-state index contributed by atoms with van der Waals surface area (Å²) in [5.41, 5.74) is -0.205. The molecule has 1 heterocycles. The van der Waals surface area contributed by atoms with E-state index in [0.29, 0.717) is 11.0 Å². The summed E-state index contributed by atoms with van der Waals surface area (Å²) >= 11 is 0. The summed E-state index contributed by atoms with van der Waals surface area (Å²) < 4.78 is 0. The van der Waals surface area contributed by atoms with Gasteiger partial charge in [0.1, 0.15) is 0 Å². The van der Waals surface area contributed by atoms with Crippen LogP contribution in [0, 0.1) is 0 Å². The molecule has 0 radical (unpaired) electrons. The Bertz CT molecular complexity index is 755. The maximum Gasteiger partial charge on any atom is 0.314 e. The Hall–Kier alpha value is -2.37. The van der Waals surface area contributed by atoms with Crippen molar-refractivity contribution in [2.75, 3.05) is 0 Å². The number of carbonyl (C=O) groups is 1. The van der Waals surface area contributed by atoms with E-state index >= 15 is 0 Å². The number of fused-ring (bicyclic) bond motifs is 1. The molecule has 0 saturated heterocycles. The first kappa shape index (κ1) is 13.1. The first-order valence-electron chi connectivity index (χ1n) is 5.78. The molecular formula is C13H14N2O4. The maximum atomic E-state index is 11.3. The van der Waals surface area contributed by atoms with Gasteiger partial charge in [-0.3, -0.25) is 14.4 Å². The molecule has 0 aliphatic heterocycles. The second kappa shape index (κ2) is 4.38. The fourth-order valence-corrected chi connectivity index (χ4v) is 2.02. The zero-order valence-corrected chi connectivity index (χ0v) is 10.6. The molecule has 0 atom stereocenters. The Morgan fingerprint density at radius 3 is 2.32 bits per heavy atom. The van der Waals surface area contributed by atoms with Crippen LogP contribution in [0.25, 0.3) is 11.0 Å². The number of benzene rings is 1. The number of hydrogen-bond acceptors (Lipinski definition) is 3. The highest BCUT2D eigenvalue weighted by Crippen LogP contribution is 2.28. The van der Waals surface area contributed by atoms with Crippen molar-refractivity contribution in [2.45, 2.75) is 25.7 Å². The highest BCUT2D eigenvalue weighted by Gasteiger charge is 2.24. The molecule has 1 aromatic carbocycles. The van der Waals surface area contributed by atoms with E-state index in [1.807, 2.05) is 13.8 Å². The Morgan fingerprint density at radius 1 is 1.16 bits per heavy atom. The topological polar surface area (TPSA) is 103 Å². The van der Waals surface area contributed by atoms with Crippen molar-refractivity contribution in [2.24, 2.45) is 0 Å². The van der Waals surface area contributed by atoms with Gasteiger partial charge in [-0.05, 0) is 17.7 Å². The van der Waals surface area contributed by atoms with Gasteiger partial charge in [-0.15, -0.1) is 0 Å². The highest BCUT2D eigenvalue weighted by atomic mass is 16.4. The van der Waals surface area contributed by atoms with Crippen LogP contribution in [0.15, 0.2) is 27.8 Å². The minimum Gasteiger partial charge on any atom is -0.481 e. The molecule has 100 valence electrons. The van der Waals surface area contributed by atoms with Crippen molar-refractivity contribution in [1.29, 1.82) is 0 Å². The smallest absolute Gasteiger partial charge is 0.314 e. The van der Waals surface area contributed by atoms with E-state index < -0.39 is 22.5 Å².